The van der Waals surface area contributed by atoms with Crippen LogP contribution in [0.5, 0.6) is 0 Å². The smallest absolute Gasteiger partial charge is 0.290 e. The number of H-pyrrole nitrogens is 1. The third kappa shape index (κ3) is 3.63. The standard InChI is InChI=1S/C22H22ClFN4O3/c23-15-5-3-14(4-6-15)22(24)7-9-27(10-8-22)20(30)18-16-11-28(12-17(16)25-26-18)21(31)19(29)13-1-2-13/h3-6,13H,1-2,7-12H2,(H,25,26). The van der Waals surface area contributed by atoms with Gasteiger partial charge < -0.3 is 9.80 Å². The molecule has 1 aliphatic carbocycles. The number of ketones is 1. The number of likely N-dealkylation sites (tertiary alicyclic amines) is 1. The molecule has 0 spiro atoms. The number of nitrogens with one attached hydrogen (secondary N) is 1. The van der Waals surface area contributed by atoms with Crippen molar-refractivity contribution in [1.82, 2.24) is 20.0 Å². The monoisotopic (exact) mass is 444 g/mol. The van der Waals surface area contributed by atoms with Gasteiger partial charge in [0.2, 0.25) is 5.78 Å². The zero-order valence-electron chi connectivity index (χ0n) is 16.9. The van der Waals surface area contributed by atoms with Crippen LogP contribution in [0.2, 0.25) is 5.02 Å². The number of fused-ring (bicyclic) bond motifs is 1. The summed E-state index contributed by atoms with van der Waals surface area (Å²) in [6.07, 6.45) is 1.92. The molecule has 0 bridgehead atoms. The quantitative estimate of drug-likeness (QED) is 0.734. The van der Waals surface area contributed by atoms with Crippen LogP contribution in [0, 0.1) is 5.92 Å². The maximum atomic E-state index is 15.4. The van der Waals surface area contributed by atoms with E-state index in [9.17, 15) is 14.4 Å². The summed E-state index contributed by atoms with van der Waals surface area (Å²) in [5.74, 6) is -1.25. The SMILES string of the molecule is O=C(C(=O)N1Cc2[nH]nc(C(=O)N3CCC(F)(c4ccc(Cl)cc4)CC3)c2C1)C1CC1. The molecule has 0 atom stereocenters. The average molecular weight is 445 g/mol. The van der Waals surface area contributed by atoms with E-state index >= 15 is 4.39 Å². The Kier molecular flexibility index (Phi) is 4.84. The number of Topliss-reactive ketones (excluding diaryl/α,β-unsaturated/α-hetero) is 1. The van der Waals surface area contributed by atoms with Crippen LogP contribution in [0.4, 0.5) is 4.39 Å². The van der Waals surface area contributed by atoms with Gasteiger partial charge in [0.25, 0.3) is 11.8 Å². The summed E-state index contributed by atoms with van der Waals surface area (Å²) in [6, 6.07) is 6.72. The van der Waals surface area contributed by atoms with E-state index in [2.05, 4.69) is 10.2 Å². The number of carbonyl (C=O) groups is 3. The van der Waals surface area contributed by atoms with E-state index < -0.39 is 11.6 Å². The molecule has 1 saturated heterocycles. The van der Waals surface area contributed by atoms with Gasteiger partial charge in [-0.25, -0.2) is 4.39 Å². The van der Waals surface area contributed by atoms with Gasteiger partial charge in [-0.15, -0.1) is 0 Å². The van der Waals surface area contributed by atoms with Crippen LogP contribution in [-0.4, -0.2) is 50.7 Å². The first-order valence-corrected chi connectivity index (χ1v) is 10.9. The van der Waals surface area contributed by atoms with E-state index in [-0.39, 0.29) is 62.3 Å². The third-order valence-electron chi connectivity index (χ3n) is 6.50. The molecule has 2 amide bonds. The van der Waals surface area contributed by atoms with Gasteiger partial charge in [0.15, 0.2) is 5.69 Å². The van der Waals surface area contributed by atoms with Crippen LogP contribution in [0.25, 0.3) is 0 Å². The highest BCUT2D eigenvalue weighted by atomic mass is 35.5. The number of hydrogen-bond donors (Lipinski definition) is 1. The van der Waals surface area contributed by atoms with Crippen molar-refractivity contribution in [2.75, 3.05) is 13.1 Å². The molecule has 31 heavy (non-hydrogen) atoms. The zero-order valence-corrected chi connectivity index (χ0v) is 17.6. The first-order valence-electron chi connectivity index (χ1n) is 10.5. The van der Waals surface area contributed by atoms with E-state index in [4.69, 9.17) is 11.6 Å². The van der Waals surface area contributed by atoms with Crippen LogP contribution in [0.3, 0.4) is 0 Å². The molecule has 0 radical (unpaired) electrons. The van der Waals surface area contributed by atoms with E-state index in [1.54, 1.807) is 29.2 Å². The molecule has 1 saturated carbocycles. The van der Waals surface area contributed by atoms with Crippen molar-refractivity contribution in [1.29, 1.82) is 0 Å². The summed E-state index contributed by atoms with van der Waals surface area (Å²) in [6.45, 7) is 0.970. The molecular formula is C22H22ClFN4O3. The molecule has 3 heterocycles. The number of nitrogens with zero attached hydrogens (tertiary/aromatic N) is 3. The van der Waals surface area contributed by atoms with Crippen LogP contribution < -0.4 is 0 Å². The van der Waals surface area contributed by atoms with Gasteiger partial charge >= 0.3 is 0 Å². The van der Waals surface area contributed by atoms with Crippen molar-refractivity contribution in [2.45, 2.75) is 44.4 Å². The molecule has 9 heteroatoms. The first kappa shape index (κ1) is 20.2. The number of amides is 2. The van der Waals surface area contributed by atoms with Gasteiger partial charge in [-0.3, -0.25) is 19.5 Å². The van der Waals surface area contributed by atoms with Crippen LogP contribution in [0.1, 0.15) is 53.0 Å². The molecule has 2 aliphatic heterocycles. The van der Waals surface area contributed by atoms with E-state index in [0.717, 1.165) is 12.8 Å². The summed E-state index contributed by atoms with van der Waals surface area (Å²) in [4.78, 5) is 40.6. The van der Waals surface area contributed by atoms with Gasteiger partial charge in [-0.1, -0.05) is 23.7 Å². The molecular weight excluding hydrogens is 423 g/mol. The molecule has 2 aromatic rings. The molecule has 1 aromatic heterocycles. The molecule has 1 aromatic carbocycles. The van der Waals surface area contributed by atoms with Crippen molar-refractivity contribution in [3.63, 3.8) is 0 Å². The Morgan fingerprint density at radius 1 is 1.06 bits per heavy atom. The number of aromatic nitrogens is 2. The fraction of sp³-hybridized carbons (Fsp3) is 0.455. The Labute approximate surface area is 183 Å². The highest BCUT2D eigenvalue weighted by Gasteiger charge is 2.41. The minimum absolute atomic E-state index is 0.138. The van der Waals surface area contributed by atoms with Gasteiger partial charge in [0.1, 0.15) is 5.67 Å². The van der Waals surface area contributed by atoms with E-state index in [1.165, 1.54) is 4.90 Å². The van der Waals surface area contributed by atoms with E-state index in [0.29, 0.717) is 21.8 Å². The second kappa shape index (κ2) is 7.44. The molecule has 7 nitrogen and oxygen atoms in total. The van der Waals surface area contributed by atoms with Crippen LogP contribution in [-0.2, 0) is 28.3 Å². The lowest BCUT2D eigenvalue weighted by Crippen LogP contribution is -2.43. The Balaban J connectivity index is 1.25. The largest absolute Gasteiger partial charge is 0.337 e. The predicted molar refractivity (Wildman–Crippen MR) is 110 cm³/mol. The summed E-state index contributed by atoms with van der Waals surface area (Å²) in [7, 11) is 0. The van der Waals surface area contributed by atoms with E-state index in [1.807, 2.05) is 0 Å². The number of aromatic amines is 1. The Morgan fingerprint density at radius 3 is 2.39 bits per heavy atom. The predicted octanol–water partition coefficient (Wildman–Crippen LogP) is 2.99. The minimum Gasteiger partial charge on any atom is -0.337 e. The van der Waals surface area contributed by atoms with Crippen molar-refractivity contribution >= 4 is 29.2 Å². The van der Waals surface area contributed by atoms with Gasteiger partial charge in [-0.05, 0) is 30.5 Å². The lowest BCUT2D eigenvalue weighted by molar-refractivity contribution is -0.145. The average Bonchev–Trinajstić information content (AvgIpc) is 3.42. The fourth-order valence-electron chi connectivity index (χ4n) is 4.39. The third-order valence-corrected chi connectivity index (χ3v) is 6.76. The number of hydrogen-bond acceptors (Lipinski definition) is 4. The van der Waals surface area contributed by atoms with Gasteiger partial charge in [0, 0.05) is 42.4 Å². The number of rotatable bonds is 4. The Morgan fingerprint density at radius 2 is 1.74 bits per heavy atom. The first-order chi connectivity index (χ1) is 14.9. The summed E-state index contributed by atoms with van der Waals surface area (Å²) >= 11 is 5.90. The molecule has 0 unspecified atom stereocenters. The highest BCUT2D eigenvalue weighted by Crippen LogP contribution is 2.38. The lowest BCUT2D eigenvalue weighted by Gasteiger charge is -2.36. The fourth-order valence-corrected chi connectivity index (χ4v) is 4.51. The second-order valence-corrected chi connectivity index (χ2v) is 9.03. The topological polar surface area (TPSA) is 86.4 Å². The number of halogens is 2. The van der Waals surface area contributed by atoms with Gasteiger partial charge in [0.05, 0.1) is 18.8 Å². The lowest BCUT2D eigenvalue weighted by atomic mass is 9.86. The molecule has 5 rings (SSSR count). The molecule has 2 fully saturated rings. The Bertz CT molecular complexity index is 1060. The van der Waals surface area contributed by atoms with Crippen LogP contribution in [0.15, 0.2) is 24.3 Å². The van der Waals surface area contributed by atoms with Gasteiger partial charge in [-0.2, -0.15) is 5.10 Å². The summed E-state index contributed by atoms with van der Waals surface area (Å²) in [5.41, 5.74) is 0.651. The second-order valence-electron chi connectivity index (χ2n) is 8.59. The number of carbonyl (C=O) groups excluding carboxylic acids is 3. The van der Waals surface area contributed by atoms with Crippen molar-refractivity contribution < 1.29 is 18.8 Å². The zero-order chi connectivity index (χ0) is 21.8. The van der Waals surface area contributed by atoms with Crippen molar-refractivity contribution in [3.8, 4) is 0 Å². The molecule has 1 N–H and O–H groups in total. The van der Waals surface area contributed by atoms with Crippen molar-refractivity contribution in [2.24, 2.45) is 5.92 Å². The van der Waals surface area contributed by atoms with Crippen molar-refractivity contribution in [3.05, 3.63) is 51.8 Å². The maximum absolute atomic E-state index is 15.4. The normalized spacial score (nSPS) is 19.9. The van der Waals surface area contributed by atoms with Crippen LogP contribution >= 0.6 is 11.6 Å². The maximum Gasteiger partial charge on any atom is 0.290 e. The minimum atomic E-state index is -1.50. The molecule has 3 aliphatic rings. The number of piperidine rings is 1. The summed E-state index contributed by atoms with van der Waals surface area (Å²) < 4.78 is 15.4. The Hall–Kier alpha value is -2.74. The highest BCUT2D eigenvalue weighted by molar-refractivity contribution is 6.37. The summed E-state index contributed by atoms with van der Waals surface area (Å²) in [5, 5.41) is 7.54. The molecule has 162 valence electrons. The number of benzene rings is 1. The number of alkyl halides is 1.